The number of nitrogens with zero attached hydrogens (tertiary/aromatic N) is 1. The van der Waals surface area contributed by atoms with Crippen LogP contribution in [0.2, 0.25) is 5.02 Å². The van der Waals surface area contributed by atoms with Crippen molar-refractivity contribution in [2.24, 2.45) is 0 Å². The van der Waals surface area contributed by atoms with Gasteiger partial charge in [0, 0.05) is 12.6 Å². The molecule has 2 aromatic rings. The van der Waals surface area contributed by atoms with E-state index in [1.54, 1.807) is 43.3 Å². The van der Waals surface area contributed by atoms with Crippen LogP contribution in [-0.2, 0) is 16.1 Å². The van der Waals surface area contributed by atoms with Crippen molar-refractivity contribution in [3.8, 4) is 5.75 Å². The first-order valence-electron chi connectivity index (χ1n) is 10.7. The third kappa shape index (κ3) is 6.69. The number of amides is 2. The van der Waals surface area contributed by atoms with Crippen molar-refractivity contribution in [3.05, 3.63) is 64.9 Å². The Morgan fingerprint density at radius 3 is 2.48 bits per heavy atom. The lowest BCUT2D eigenvalue weighted by molar-refractivity contribution is -0.142. The second-order valence-electron chi connectivity index (χ2n) is 7.89. The molecule has 3 rings (SSSR count). The minimum Gasteiger partial charge on any atom is -0.482 e. The highest BCUT2D eigenvalue weighted by molar-refractivity contribution is 6.32. The van der Waals surface area contributed by atoms with Crippen LogP contribution in [0.4, 0.5) is 4.39 Å². The van der Waals surface area contributed by atoms with E-state index in [0.717, 1.165) is 31.2 Å². The van der Waals surface area contributed by atoms with Gasteiger partial charge in [-0.1, -0.05) is 55.1 Å². The molecule has 2 amide bonds. The SMILES string of the molecule is C[C@@H](C(=O)NC1CCCCC1)N(Cc1ccc(F)cc1)C(=O)COc1ccccc1Cl. The number of halogens is 2. The van der Waals surface area contributed by atoms with Crippen molar-refractivity contribution in [2.75, 3.05) is 6.61 Å². The fourth-order valence-electron chi connectivity index (χ4n) is 3.72. The number of hydrogen-bond donors (Lipinski definition) is 1. The van der Waals surface area contributed by atoms with E-state index in [1.807, 2.05) is 0 Å². The highest BCUT2D eigenvalue weighted by Gasteiger charge is 2.28. The molecule has 5 nitrogen and oxygen atoms in total. The van der Waals surface area contributed by atoms with Crippen LogP contribution in [-0.4, -0.2) is 35.4 Å². The smallest absolute Gasteiger partial charge is 0.261 e. The summed E-state index contributed by atoms with van der Waals surface area (Å²) in [6, 6.07) is 12.2. The molecule has 0 saturated heterocycles. The maximum atomic E-state index is 13.3. The Hall–Kier alpha value is -2.60. The molecule has 1 N–H and O–H groups in total. The largest absolute Gasteiger partial charge is 0.482 e. The Morgan fingerprint density at radius 1 is 1.13 bits per heavy atom. The van der Waals surface area contributed by atoms with E-state index in [0.29, 0.717) is 10.8 Å². The van der Waals surface area contributed by atoms with E-state index < -0.39 is 6.04 Å². The van der Waals surface area contributed by atoms with E-state index in [4.69, 9.17) is 16.3 Å². The van der Waals surface area contributed by atoms with Crippen LogP contribution in [0.5, 0.6) is 5.75 Å². The molecule has 0 unspecified atom stereocenters. The van der Waals surface area contributed by atoms with Crippen LogP contribution >= 0.6 is 11.6 Å². The molecule has 1 fully saturated rings. The normalized spacial score (nSPS) is 15.2. The van der Waals surface area contributed by atoms with Gasteiger partial charge in [0.05, 0.1) is 5.02 Å². The van der Waals surface area contributed by atoms with Crippen molar-refractivity contribution in [2.45, 2.75) is 57.7 Å². The quantitative estimate of drug-likeness (QED) is 0.638. The number of hydrogen-bond acceptors (Lipinski definition) is 3. The van der Waals surface area contributed by atoms with Gasteiger partial charge in [-0.2, -0.15) is 0 Å². The Labute approximate surface area is 187 Å². The number of carbonyl (C=O) groups excluding carboxylic acids is 2. The molecule has 0 radical (unpaired) electrons. The maximum Gasteiger partial charge on any atom is 0.261 e. The molecule has 1 saturated carbocycles. The fourth-order valence-corrected chi connectivity index (χ4v) is 3.91. The molecule has 0 aromatic heterocycles. The first-order valence-corrected chi connectivity index (χ1v) is 11.0. The Balaban J connectivity index is 1.70. The topological polar surface area (TPSA) is 58.6 Å². The number of ether oxygens (including phenoxy) is 1. The molecule has 2 aromatic carbocycles. The van der Waals surface area contributed by atoms with Gasteiger partial charge in [0.15, 0.2) is 6.61 Å². The second-order valence-corrected chi connectivity index (χ2v) is 8.29. The van der Waals surface area contributed by atoms with Gasteiger partial charge < -0.3 is 15.0 Å². The summed E-state index contributed by atoms with van der Waals surface area (Å²) in [5.41, 5.74) is 0.727. The molecular weight excluding hydrogens is 419 g/mol. The predicted octanol–water partition coefficient (Wildman–Crippen LogP) is 4.72. The van der Waals surface area contributed by atoms with Crippen molar-refractivity contribution in [1.29, 1.82) is 0 Å². The van der Waals surface area contributed by atoms with Crippen molar-refractivity contribution >= 4 is 23.4 Å². The van der Waals surface area contributed by atoms with Crippen molar-refractivity contribution < 1.29 is 18.7 Å². The third-order valence-corrected chi connectivity index (χ3v) is 5.89. The van der Waals surface area contributed by atoms with E-state index in [-0.39, 0.29) is 36.8 Å². The van der Waals surface area contributed by atoms with Gasteiger partial charge in [0.25, 0.3) is 5.91 Å². The molecule has 0 spiro atoms. The Bertz CT molecular complexity index is 885. The fraction of sp³-hybridized carbons (Fsp3) is 0.417. The summed E-state index contributed by atoms with van der Waals surface area (Å²) in [5.74, 6) is -0.499. The molecular formula is C24H28ClFN2O3. The van der Waals surface area contributed by atoms with Crippen LogP contribution in [0.25, 0.3) is 0 Å². The first kappa shape index (κ1) is 23.1. The number of rotatable bonds is 8. The summed E-state index contributed by atoms with van der Waals surface area (Å²) in [5, 5.41) is 3.48. The Kier molecular flexibility index (Phi) is 8.29. The van der Waals surface area contributed by atoms with Crippen LogP contribution in [0, 0.1) is 5.82 Å². The highest BCUT2D eigenvalue weighted by atomic mass is 35.5. The minimum atomic E-state index is -0.700. The lowest BCUT2D eigenvalue weighted by Gasteiger charge is -2.31. The molecule has 1 aliphatic carbocycles. The van der Waals surface area contributed by atoms with Gasteiger partial charge in [-0.25, -0.2) is 4.39 Å². The van der Waals surface area contributed by atoms with E-state index in [2.05, 4.69) is 5.32 Å². The zero-order chi connectivity index (χ0) is 22.2. The third-order valence-electron chi connectivity index (χ3n) is 5.57. The minimum absolute atomic E-state index is 0.144. The molecule has 7 heteroatoms. The van der Waals surface area contributed by atoms with Crippen LogP contribution in [0.1, 0.15) is 44.6 Å². The van der Waals surface area contributed by atoms with Gasteiger partial charge in [-0.05, 0) is 49.6 Å². The van der Waals surface area contributed by atoms with Crippen LogP contribution in [0.15, 0.2) is 48.5 Å². The summed E-state index contributed by atoms with van der Waals surface area (Å²) in [7, 11) is 0. The predicted molar refractivity (Wildman–Crippen MR) is 118 cm³/mol. The summed E-state index contributed by atoms with van der Waals surface area (Å²) >= 11 is 6.10. The zero-order valence-electron chi connectivity index (χ0n) is 17.7. The molecule has 31 heavy (non-hydrogen) atoms. The van der Waals surface area contributed by atoms with Gasteiger partial charge in [0.2, 0.25) is 5.91 Å². The van der Waals surface area contributed by atoms with Gasteiger partial charge in [-0.15, -0.1) is 0 Å². The Morgan fingerprint density at radius 2 is 1.81 bits per heavy atom. The van der Waals surface area contributed by atoms with Crippen LogP contribution in [0.3, 0.4) is 0 Å². The van der Waals surface area contributed by atoms with Crippen molar-refractivity contribution in [1.82, 2.24) is 10.2 Å². The maximum absolute atomic E-state index is 13.3. The number of para-hydroxylation sites is 1. The molecule has 0 bridgehead atoms. The molecule has 166 valence electrons. The van der Waals surface area contributed by atoms with E-state index in [1.165, 1.54) is 23.5 Å². The molecule has 1 atom stereocenters. The monoisotopic (exact) mass is 446 g/mol. The van der Waals surface area contributed by atoms with E-state index >= 15 is 0 Å². The molecule has 0 heterocycles. The first-order chi connectivity index (χ1) is 14.9. The van der Waals surface area contributed by atoms with Gasteiger partial charge in [0.1, 0.15) is 17.6 Å². The lowest BCUT2D eigenvalue weighted by Crippen LogP contribution is -2.51. The highest BCUT2D eigenvalue weighted by Crippen LogP contribution is 2.23. The number of benzene rings is 2. The lowest BCUT2D eigenvalue weighted by atomic mass is 9.95. The van der Waals surface area contributed by atoms with Gasteiger partial charge >= 0.3 is 0 Å². The second kappa shape index (κ2) is 11.1. The summed E-state index contributed by atoms with van der Waals surface area (Å²) in [4.78, 5) is 27.4. The van der Waals surface area contributed by atoms with Crippen molar-refractivity contribution in [3.63, 3.8) is 0 Å². The standard InChI is InChI=1S/C24H28ClFN2O3/c1-17(24(30)27-20-7-3-2-4-8-20)28(15-18-11-13-19(26)14-12-18)23(29)16-31-22-10-6-5-9-21(22)25/h5-6,9-14,17,20H,2-4,7-8,15-16H2,1H3,(H,27,30)/t17-/m0/s1. The van der Waals surface area contributed by atoms with Gasteiger partial charge in [-0.3, -0.25) is 9.59 Å². The zero-order valence-corrected chi connectivity index (χ0v) is 18.4. The molecule has 1 aliphatic rings. The number of nitrogens with one attached hydrogen (secondary N) is 1. The summed E-state index contributed by atoms with van der Waals surface area (Å²) < 4.78 is 18.9. The van der Waals surface area contributed by atoms with E-state index in [9.17, 15) is 14.0 Å². The number of carbonyl (C=O) groups is 2. The summed E-state index contributed by atoms with van der Waals surface area (Å²) in [6.45, 7) is 1.62. The average Bonchev–Trinajstić information content (AvgIpc) is 2.78. The average molecular weight is 447 g/mol. The molecule has 0 aliphatic heterocycles. The summed E-state index contributed by atoms with van der Waals surface area (Å²) in [6.07, 6.45) is 5.31. The van der Waals surface area contributed by atoms with Crippen LogP contribution < -0.4 is 10.1 Å².